The molecule has 1 aromatic heterocycles. The molecule has 1 saturated carbocycles. The molecule has 0 N–H and O–H groups in total. The number of hydrogen-bond acceptors (Lipinski definition) is 0. The van der Waals surface area contributed by atoms with Crippen molar-refractivity contribution in [3.8, 4) is 11.3 Å². The Kier molecular flexibility index (Phi) is 2.77. The molecule has 1 aromatic carbocycles. The first-order valence-corrected chi connectivity index (χ1v) is 8.79. The summed E-state index contributed by atoms with van der Waals surface area (Å²) in [5, 5.41) is 0. The van der Waals surface area contributed by atoms with Crippen molar-refractivity contribution in [1.82, 2.24) is 0 Å². The van der Waals surface area contributed by atoms with Crippen molar-refractivity contribution in [2.75, 3.05) is 0 Å². The Bertz CT molecular complexity index is 882. The highest BCUT2D eigenvalue weighted by atomic mass is 14.9. The van der Waals surface area contributed by atoms with Gasteiger partial charge in [-0.1, -0.05) is 37.5 Å². The maximum Gasteiger partial charge on any atom is 0.212 e. The van der Waals surface area contributed by atoms with Gasteiger partial charge in [-0.15, -0.1) is 0 Å². The third-order valence-electron chi connectivity index (χ3n) is 5.52. The van der Waals surface area contributed by atoms with Crippen molar-refractivity contribution < 1.29 is 10.1 Å². The fourth-order valence-electron chi connectivity index (χ4n) is 4.15. The molecule has 2 aliphatic rings. The van der Waals surface area contributed by atoms with Crippen LogP contribution in [-0.2, 0) is 19.8 Å². The van der Waals surface area contributed by atoms with Gasteiger partial charge in [0, 0.05) is 22.7 Å². The monoisotopic (exact) mass is 310 g/mol. The van der Waals surface area contributed by atoms with E-state index >= 15 is 0 Å². The molecule has 1 fully saturated rings. The molecule has 0 aliphatic heterocycles. The van der Waals surface area contributed by atoms with E-state index in [9.17, 15) is 0 Å². The lowest BCUT2D eigenvalue weighted by molar-refractivity contribution is -0.661. The average molecular weight is 310 g/mol. The van der Waals surface area contributed by atoms with E-state index in [0.29, 0.717) is 11.1 Å². The zero-order valence-corrected chi connectivity index (χ0v) is 14.2. The summed E-state index contributed by atoms with van der Waals surface area (Å²) < 4.78 is 37.6. The molecule has 2 aromatic rings. The Labute approximate surface area is 146 Å². The van der Waals surface area contributed by atoms with Crippen LogP contribution in [0.2, 0.25) is 0 Å². The van der Waals surface area contributed by atoms with Crippen LogP contribution in [0.4, 0.5) is 0 Å². The van der Waals surface area contributed by atoms with Crippen molar-refractivity contribution in [2.24, 2.45) is 12.5 Å². The Morgan fingerprint density at radius 1 is 1.04 bits per heavy atom. The van der Waals surface area contributed by atoms with Gasteiger partial charge in [0.2, 0.25) is 5.69 Å². The van der Waals surface area contributed by atoms with Crippen molar-refractivity contribution in [3.05, 3.63) is 53.2 Å². The van der Waals surface area contributed by atoms with E-state index in [-0.39, 0.29) is 6.42 Å². The Morgan fingerprint density at radius 3 is 2.61 bits per heavy atom. The molecule has 0 atom stereocenters. The number of hydrogen-bond donors (Lipinski definition) is 0. The summed E-state index contributed by atoms with van der Waals surface area (Å²) in [5.41, 5.74) is 3.63. The van der Waals surface area contributed by atoms with Gasteiger partial charge in [0.25, 0.3) is 0 Å². The van der Waals surface area contributed by atoms with Gasteiger partial charge in [0.05, 0.1) is 0 Å². The molecule has 23 heavy (non-hydrogen) atoms. The molecule has 1 heterocycles. The number of fused-ring (bicyclic) bond motifs is 1. The van der Waals surface area contributed by atoms with Crippen LogP contribution in [0.5, 0.6) is 0 Å². The van der Waals surface area contributed by atoms with Crippen LogP contribution in [0, 0.1) is 12.3 Å². The summed E-state index contributed by atoms with van der Waals surface area (Å²) in [5.74, 6) is 0. The molecule has 0 amide bonds. The molecular weight excluding hydrogens is 278 g/mol. The summed E-state index contributed by atoms with van der Waals surface area (Å²) in [6, 6.07) is 10.0. The number of nitrogens with zero attached hydrogens (tertiary/aromatic N) is 1. The first kappa shape index (κ1) is 11.0. The van der Waals surface area contributed by atoms with Gasteiger partial charge in [-0.3, -0.25) is 0 Å². The largest absolute Gasteiger partial charge is 0.212 e. The van der Waals surface area contributed by atoms with Crippen LogP contribution in [0.25, 0.3) is 11.3 Å². The molecule has 0 bridgehead atoms. The molecule has 2 aliphatic carbocycles. The van der Waals surface area contributed by atoms with Gasteiger partial charge >= 0.3 is 0 Å². The zero-order chi connectivity index (χ0) is 19.4. The van der Waals surface area contributed by atoms with Crippen LogP contribution in [-0.4, -0.2) is 0 Å². The topological polar surface area (TPSA) is 3.88 Å². The minimum Gasteiger partial charge on any atom is -0.201 e. The normalized spacial score (nSPS) is 26.5. The van der Waals surface area contributed by atoms with Gasteiger partial charge in [-0.2, -0.15) is 0 Å². The Morgan fingerprint density at radius 2 is 1.83 bits per heavy atom. The number of aryl methyl sites for hydroxylation is 3. The van der Waals surface area contributed by atoms with Crippen LogP contribution in [0.3, 0.4) is 0 Å². The number of benzene rings is 1. The van der Waals surface area contributed by atoms with Crippen molar-refractivity contribution >= 4 is 0 Å². The lowest BCUT2D eigenvalue weighted by Crippen LogP contribution is -2.36. The van der Waals surface area contributed by atoms with E-state index in [4.69, 9.17) is 5.48 Å². The number of aromatic nitrogens is 1. The van der Waals surface area contributed by atoms with Crippen molar-refractivity contribution in [3.63, 3.8) is 0 Å². The van der Waals surface area contributed by atoms with E-state index in [1.54, 1.807) is 0 Å². The van der Waals surface area contributed by atoms with Gasteiger partial charge in [-0.05, 0) is 61.5 Å². The first-order valence-electron chi connectivity index (χ1n) is 10.8. The molecular formula is C22H28N+. The Hall–Kier alpha value is -1.63. The molecule has 0 saturated heterocycles. The molecule has 0 unspecified atom stereocenters. The second-order valence-corrected chi connectivity index (χ2v) is 7.23. The summed E-state index contributed by atoms with van der Waals surface area (Å²) in [4.78, 5) is 0. The molecule has 1 spiro atoms. The van der Waals surface area contributed by atoms with E-state index in [1.165, 1.54) is 0 Å². The highest BCUT2D eigenvalue weighted by Crippen LogP contribution is 2.46. The van der Waals surface area contributed by atoms with Gasteiger partial charge in [0.15, 0.2) is 6.20 Å². The highest BCUT2D eigenvalue weighted by Gasteiger charge is 2.36. The standard InChI is InChI=1S/C22H28N/c1-17-8-4-5-9-20(17)21-14-19-15-22(11-6-3-7-12-22)13-10-18(19)16-23(21)2/h4-5,8-9,14,16H,3,6-7,10-13,15H2,1-2H3/q+1/i10D2,15D2. The fraction of sp³-hybridized carbons (Fsp3) is 0.500. The number of rotatable bonds is 1. The lowest BCUT2D eigenvalue weighted by atomic mass is 9.64. The third-order valence-corrected chi connectivity index (χ3v) is 5.52. The minimum absolute atomic E-state index is 0.281. The predicted octanol–water partition coefficient (Wildman–Crippen LogP) is 4.93. The second kappa shape index (κ2) is 5.78. The van der Waals surface area contributed by atoms with E-state index in [2.05, 4.69) is 19.1 Å². The van der Waals surface area contributed by atoms with Gasteiger partial charge in [-0.25, -0.2) is 4.57 Å². The van der Waals surface area contributed by atoms with Crippen molar-refractivity contribution in [2.45, 2.75) is 58.2 Å². The summed E-state index contributed by atoms with van der Waals surface area (Å²) in [6.45, 7) is 2.06. The average Bonchev–Trinajstić information content (AvgIpc) is 2.61. The molecule has 1 heteroatoms. The maximum absolute atomic E-state index is 9.10. The number of pyridine rings is 1. The molecule has 120 valence electrons. The summed E-state index contributed by atoms with van der Waals surface area (Å²) >= 11 is 0. The van der Waals surface area contributed by atoms with Crippen LogP contribution in [0.1, 0.15) is 60.7 Å². The minimum atomic E-state index is -1.51. The summed E-state index contributed by atoms with van der Waals surface area (Å²) in [6.07, 6.45) is 3.77. The van der Waals surface area contributed by atoms with E-state index in [1.807, 2.05) is 36.0 Å². The Balaban J connectivity index is 1.95. The third kappa shape index (κ3) is 2.71. The van der Waals surface area contributed by atoms with Crippen molar-refractivity contribution in [1.29, 1.82) is 0 Å². The fourth-order valence-corrected chi connectivity index (χ4v) is 4.15. The van der Waals surface area contributed by atoms with Crippen LogP contribution >= 0.6 is 0 Å². The zero-order valence-electron chi connectivity index (χ0n) is 18.2. The molecule has 0 radical (unpaired) electrons. The van der Waals surface area contributed by atoms with Gasteiger partial charge < -0.3 is 0 Å². The molecule has 1 nitrogen and oxygen atoms in total. The van der Waals surface area contributed by atoms with Gasteiger partial charge in [0.1, 0.15) is 7.05 Å². The maximum atomic E-state index is 9.10. The quantitative estimate of drug-likeness (QED) is 0.658. The first-order chi connectivity index (χ1) is 12.7. The smallest absolute Gasteiger partial charge is 0.201 e. The molecule has 4 rings (SSSR count). The van der Waals surface area contributed by atoms with Crippen LogP contribution in [0.15, 0.2) is 36.5 Å². The van der Waals surface area contributed by atoms with E-state index < -0.39 is 18.2 Å². The SMILES string of the molecule is [2H]C1([2H])CC2(CCCCC2)C([2H])([2H])c2cc(-c3ccccc3C)[n+](C)cc21. The van der Waals surface area contributed by atoms with Crippen LogP contribution < -0.4 is 4.57 Å². The lowest BCUT2D eigenvalue weighted by Gasteiger charge is -2.41. The highest BCUT2D eigenvalue weighted by molar-refractivity contribution is 5.61. The summed E-state index contributed by atoms with van der Waals surface area (Å²) in [7, 11) is 1.93. The van der Waals surface area contributed by atoms with E-state index in [0.717, 1.165) is 48.9 Å². The second-order valence-electron chi connectivity index (χ2n) is 7.23. The predicted molar refractivity (Wildman–Crippen MR) is 95.3 cm³/mol.